The number of hydrogen-bond donors (Lipinski definition) is 1. The summed E-state index contributed by atoms with van der Waals surface area (Å²) in [6.45, 7) is 4.75. The molecular weight excluding hydrogens is 342 g/mol. The minimum Gasteiger partial charge on any atom is -0.497 e. The third-order valence-electron chi connectivity index (χ3n) is 3.44. The van der Waals surface area contributed by atoms with Gasteiger partial charge in [0.15, 0.2) is 5.82 Å². The van der Waals surface area contributed by atoms with Gasteiger partial charge in [-0.3, -0.25) is 4.79 Å². The molecule has 0 spiro atoms. The van der Waals surface area contributed by atoms with Crippen LogP contribution in [0.25, 0.3) is 4.96 Å². The summed E-state index contributed by atoms with van der Waals surface area (Å²) in [6.07, 6.45) is 0. The zero-order valence-electron chi connectivity index (χ0n) is 14.2. The van der Waals surface area contributed by atoms with E-state index in [4.69, 9.17) is 9.47 Å². The fraction of sp³-hybridized carbons (Fsp3) is 0.375. The van der Waals surface area contributed by atoms with Gasteiger partial charge >= 0.3 is 0 Å². The molecule has 0 fully saturated rings. The van der Waals surface area contributed by atoms with Crippen LogP contribution in [0.2, 0.25) is 0 Å². The lowest BCUT2D eigenvalue weighted by Crippen LogP contribution is -2.28. The summed E-state index contributed by atoms with van der Waals surface area (Å²) >= 11 is 1.21. The lowest BCUT2D eigenvalue weighted by molar-refractivity contribution is 0.0945. The number of carbonyl (C=O) groups excluding carboxylic acids is 1. The van der Waals surface area contributed by atoms with Crippen LogP contribution in [-0.2, 0) is 0 Å². The Hall–Kier alpha value is -2.68. The summed E-state index contributed by atoms with van der Waals surface area (Å²) in [5.41, 5.74) is 0. The molecule has 2 heterocycles. The Balaban J connectivity index is 1.52. The standard InChI is InChI=1S/C16H19N5O3S/c1-10(2)13-18-19-16-21(13)20-15(25-16)14(22)17-8-9-24-12-6-4-11(23-3)5-7-12/h4-7,10H,8-9H2,1-3H3,(H,17,22). The van der Waals surface area contributed by atoms with Gasteiger partial charge in [0.05, 0.1) is 13.7 Å². The highest BCUT2D eigenvalue weighted by molar-refractivity contribution is 7.18. The number of aromatic nitrogens is 4. The van der Waals surface area contributed by atoms with Gasteiger partial charge in [0.25, 0.3) is 5.91 Å². The van der Waals surface area contributed by atoms with E-state index in [-0.39, 0.29) is 11.8 Å². The Morgan fingerprint density at radius 2 is 1.96 bits per heavy atom. The normalized spacial score (nSPS) is 11.0. The van der Waals surface area contributed by atoms with E-state index in [1.807, 2.05) is 38.1 Å². The molecule has 0 aliphatic heterocycles. The van der Waals surface area contributed by atoms with Crippen molar-refractivity contribution in [2.75, 3.05) is 20.3 Å². The maximum atomic E-state index is 12.2. The zero-order valence-corrected chi connectivity index (χ0v) is 15.0. The van der Waals surface area contributed by atoms with Gasteiger partial charge in [-0.15, -0.1) is 15.3 Å². The smallest absolute Gasteiger partial charge is 0.282 e. The molecule has 25 heavy (non-hydrogen) atoms. The lowest BCUT2D eigenvalue weighted by atomic mass is 10.2. The van der Waals surface area contributed by atoms with E-state index >= 15 is 0 Å². The number of rotatable bonds is 7. The van der Waals surface area contributed by atoms with Crippen molar-refractivity contribution in [3.8, 4) is 11.5 Å². The number of nitrogens with one attached hydrogen (secondary N) is 1. The van der Waals surface area contributed by atoms with Crippen LogP contribution in [0.1, 0.15) is 35.4 Å². The predicted molar refractivity (Wildman–Crippen MR) is 93.6 cm³/mol. The Morgan fingerprint density at radius 3 is 2.64 bits per heavy atom. The predicted octanol–water partition coefficient (Wildman–Crippen LogP) is 2.13. The highest BCUT2D eigenvalue weighted by Gasteiger charge is 2.17. The van der Waals surface area contributed by atoms with E-state index in [0.717, 1.165) is 17.3 Å². The molecule has 8 nitrogen and oxygen atoms in total. The van der Waals surface area contributed by atoms with Crippen molar-refractivity contribution in [3.05, 3.63) is 35.1 Å². The molecule has 0 unspecified atom stereocenters. The zero-order chi connectivity index (χ0) is 17.8. The largest absolute Gasteiger partial charge is 0.497 e. The van der Waals surface area contributed by atoms with Gasteiger partial charge < -0.3 is 14.8 Å². The number of amides is 1. The van der Waals surface area contributed by atoms with Crippen LogP contribution in [0, 0.1) is 0 Å². The molecule has 132 valence electrons. The van der Waals surface area contributed by atoms with Crippen molar-refractivity contribution in [1.82, 2.24) is 25.1 Å². The van der Waals surface area contributed by atoms with E-state index in [0.29, 0.717) is 23.1 Å². The van der Waals surface area contributed by atoms with Gasteiger partial charge in [-0.25, -0.2) is 0 Å². The summed E-state index contributed by atoms with van der Waals surface area (Å²) in [7, 11) is 1.61. The average Bonchev–Trinajstić information content (AvgIpc) is 3.19. The summed E-state index contributed by atoms with van der Waals surface area (Å²) < 4.78 is 12.3. The number of fused-ring (bicyclic) bond motifs is 1. The van der Waals surface area contributed by atoms with Crippen molar-refractivity contribution >= 4 is 22.2 Å². The van der Waals surface area contributed by atoms with Crippen molar-refractivity contribution in [2.24, 2.45) is 0 Å². The van der Waals surface area contributed by atoms with Crippen LogP contribution in [0.3, 0.4) is 0 Å². The van der Waals surface area contributed by atoms with E-state index in [9.17, 15) is 4.79 Å². The highest BCUT2D eigenvalue weighted by atomic mass is 32.1. The topological polar surface area (TPSA) is 90.6 Å². The Morgan fingerprint density at radius 1 is 1.24 bits per heavy atom. The molecule has 0 saturated carbocycles. The molecule has 1 amide bonds. The van der Waals surface area contributed by atoms with E-state index in [2.05, 4.69) is 20.6 Å². The van der Waals surface area contributed by atoms with E-state index < -0.39 is 0 Å². The fourth-order valence-corrected chi connectivity index (χ4v) is 2.93. The van der Waals surface area contributed by atoms with Gasteiger partial charge in [0.1, 0.15) is 18.1 Å². The number of ether oxygens (including phenoxy) is 2. The first kappa shape index (κ1) is 17.2. The maximum Gasteiger partial charge on any atom is 0.282 e. The van der Waals surface area contributed by atoms with Gasteiger partial charge in [0, 0.05) is 5.92 Å². The first-order chi connectivity index (χ1) is 12.1. The molecule has 0 atom stereocenters. The molecule has 1 aromatic carbocycles. The first-order valence-electron chi connectivity index (χ1n) is 7.85. The number of carbonyl (C=O) groups is 1. The Labute approximate surface area is 148 Å². The van der Waals surface area contributed by atoms with Gasteiger partial charge in [-0.2, -0.15) is 4.52 Å². The Bertz CT molecular complexity index is 856. The van der Waals surface area contributed by atoms with Crippen LogP contribution in [0.5, 0.6) is 11.5 Å². The molecular formula is C16H19N5O3S. The molecule has 3 rings (SSSR count). The molecule has 0 aliphatic carbocycles. The van der Waals surface area contributed by atoms with Gasteiger partial charge in [-0.1, -0.05) is 25.2 Å². The third kappa shape index (κ3) is 3.87. The van der Waals surface area contributed by atoms with E-state index in [1.165, 1.54) is 11.3 Å². The summed E-state index contributed by atoms with van der Waals surface area (Å²) in [4.78, 5) is 12.8. The lowest BCUT2D eigenvalue weighted by Gasteiger charge is -2.07. The van der Waals surface area contributed by atoms with Gasteiger partial charge in [0.2, 0.25) is 9.97 Å². The Kier molecular flexibility index (Phi) is 5.13. The maximum absolute atomic E-state index is 12.2. The molecule has 9 heteroatoms. The van der Waals surface area contributed by atoms with Crippen LogP contribution in [0.4, 0.5) is 0 Å². The minimum atomic E-state index is -0.247. The van der Waals surface area contributed by atoms with Crippen molar-refractivity contribution in [1.29, 1.82) is 0 Å². The molecule has 0 saturated heterocycles. The third-order valence-corrected chi connectivity index (χ3v) is 4.34. The minimum absolute atomic E-state index is 0.186. The van der Waals surface area contributed by atoms with Crippen molar-refractivity contribution in [2.45, 2.75) is 19.8 Å². The second-order valence-electron chi connectivity index (χ2n) is 5.59. The fourth-order valence-electron chi connectivity index (χ4n) is 2.16. The number of hydrogen-bond acceptors (Lipinski definition) is 7. The van der Waals surface area contributed by atoms with Crippen LogP contribution in [-0.4, -0.2) is 46.0 Å². The summed E-state index contributed by atoms with van der Waals surface area (Å²) in [5, 5.41) is 15.6. The van der Waals surface area contributed by atoms with Crippen LogP contribution < -0.4 is 14.8 Å². The highest BCUT2D eigenvalue weighted by Crippen LogP contribution is 2.19. The first-order valence-corrected chi connectivity index (χ1v) is 8.67. The summed E-state index contributed by atoms with van der Waals surface area (Å²) in [6, 6.07) is 7.27. The van der Waals surface area contributed by atoms with Crippen molar-refractivity contribution in [3.63, 3.8) is 0 Å². The average molecular weight is 361 g/mol. The number of methoxy groups -OCH3 is 1. The second kappa shape index (κ2) is 7.47. The number of nitrogens with zero attached hydrogens (tertiary/aromatic N) is 4. The monoisotopic (exact) mass is 361 g/mol. The number of benzene rings is 1. The SMILES string of the molecule is COc1ccc(OCCNC(=O)c2nn3c(C(C)C)nnc3s2)cc1. The molecule has 0 bridgehead atoms. The molecule has 3 aromatic rings. The van der Waals surface area contributed by atoms with Gasteiger partial charge in [-0.05, 0) is 24.3 Å². The second-order valence-corrected chi connectivity index (χ2v) is 6.55. The van der Waals surface area contributed by atoms with E-state index in [1.54, 1.807) is 11.6 Å². The molecule has 1 N–H and O–H groups in total. The molecule has 0 radical (unpaired) electrons. The summed E-state index contributed by atoms with van der Waals surface area (Å²) in [5.74, 6) is 2.17. The van der Waals surface area contributed by atoms with Crippen LogP contribution in [0.15, 0.2) is 24.3 Å². The quantitative estimate of drug-likeness (QED) is 0.648. The van der Waals surface area contributed by atoms with Crippen LogP contribution >= 0.6 is 11.3 Å². The van der Waals surface area contributed by atoms with Crippen molar-refractivity contribution < 1.29 is 14.3 Å². The molecule has 2 aromatic heterocycles. The molecule has 0 aliphatic rings.